The predicted molar refractivity (Wildman–Crippen MR) is 80.9 cm³/mol. The van der Waals surface area contributed by atoms with Gasteiger partial charge in [-0.05, 0) is 31.5 Å². The Bertz CT molecular complexity index is 434. The van der Waals surface area contributed by atoms with Crippen LogP contribution in [0.3, 0.4) is 0 Å². The number of carbonyl (C=O) groups excluding carboxylic acids is 1. The number of nitrogens with one attached hydrogen (secondary N) is 1. The number of benzene rings is 1. The summed E-state index contributed by atoms with van der Waals surface area (Å²) in [7, 11) is 0. The molecule has 0 spiro atoms. The second-order valence-electron chi connectivity index (χ2n) is 5.65. The lowest BCUT2D eigenvalue weighted by molar-refractivity contribution is -0.134. The summed E-state index contributed by atoms with van der Waals surface area (Å²) in [4.78, 5) is 16.8. The molecule has 0 bridgehead atoms. The maximum absolute atomic E-state index is 12.4. The molecule has 2 heterocycles. The van der Waals surface area contributed by atoms with Gasteiger partial charge in [-0.25, -0.2) is 0 Å². The van der Waals surface area contributed by atoms with E-state index in [9.17, 15) is 4.79 Å². The zero-order valence-corrected chi connectivity index (χ0v) is 11.9. The molecule has 1 atom stereocenters. The highest BCUT2D eigenvalue weighted by molar-refractivity contribution is 5.82. The van der Waals surface area contributed by atoms with Crippen LogP contribution >= 0.6 is 0 Å². The number of nitrogens with zero attached hydrogens (tertiary/aromatic N) is 2. The molecule has 2 aliphatic heterocycles. The van der Waals surface area contributed by atoms with Crippen molar-refractivity contribution < 1.29 is 4.79 Å². The lowest BCUT2D eigenvalue weighted by atomic mass is 10.0. The molecular formula is C16H23N3O. The number of amides is 1. The number of piperazine rings is 1. The molecule has 0 radical (unpaired) electrons. The van der Waals surface area contributed by atoms with Crippen LogP contribution in [0, 0.1) is 0 Å². The normalized spacial score (nSPS) is 23.7. The highest BCUT2D eigenvalue weighted by Crippen LogP contribution is 2.17. The van der Waals surface area contributed by atoms with Crippen LogP contribution in [0.5, 0.6) is 0 Å². The molecule has 2 aliphatic rings. The van der Waals surface area contributed by atoms with Gasteiger partial charge in [0.25, 0.3) is 0 Å². The monoisotopic (exact) mass is 273 g/mol. The first-order valence-corrected chi connectivity index (χ1v) is 7.67. The van der Waals surface area contributed by atoms with E-state index in [0.717, 1.165) is 39.1 Å². The van der Waals surface area contributed by atoms with Gasteiger partial charge in [0, 0.05) is 31.9 Å². The third-order valence-corrected chi connectivity index (χ3v) is 4.32. The van der Waals surface area contributed by atoms with Crippen molar-refractivity contribution in [1.82, 2.24) is 10.2 Å². The van der Waals surface area contributed by atoms with Crippen molar-refractivity contribution in [2.45, 2.75) is 25.3 Å². The first kappa shape index (κ1) is 13.4. The average Bonchev–Trinajstić information content (AvgIpc) is 2.56. The van der Waals surface area contributed by atoms with E-state index in [0.29, 0.717) is 5.91 Å². The standard InChI is InChI=1S/C16H23N3O/c20-16(15-8-4-5-9-17-15)19-12-10-18(11-13-19)14-6-2-1-3-7-14/h1-3,6-7,15,17H,4-5,8-13H2. The van der Waals surface area contributed by atoms with Gasteiger partial charge < -0.3 is 15.1 Å². The molecule has 0 saturated carbocycles. The second-order valence-corrected chi connectivity index (χ2v) is 5.65. The molecule has 2 fully saturated rings. The Hall–Kier alpha value is -1.55. The minimum absolute atomic E-state index is 0.0621. The topological polar surface area (TPSA) is 35.6 Å². The van der Waals surface area contributed by atoms with Gasteiger partial charge in [-0.1, -0.05) is 24.6 Å². The highest BCUT2D eigenvalue weighted by Gasteiger charge is 2.28. The molecule has 1 aromatic carbocycles. The zero-order valence-electron chi connectivity index (χ0n) is 11.9. The van der Waals surface area contributed by atoms with Crippen molar-refractivity contribution in [2.75, 3.05) is 37.6 Å². The van der Waals surface area contributed by atoms with Crippen molar-refractivity contribution >= 4 is 11.6 Å². The van der Waals surface area contributed by atoms with Crippen LogP contribution in [0.4, 0.5) is 5.69 Å². The summed E-state index contributed by atoms with van der Waals surface area (Å²) in [5, 5.41) is 3.35. The number of para-hydroxylation sites is 1. The largest absolute Gasteiger partial charge is 0.368 e. The number of anilines is 1. The molecular weight excluding hydrogens is 250 g/mol. The molecule has 1 N–H and O–H groups in total. The van der Waals surface area contributed by atoms with Gasteiger partial charge in [-0.3, -0.25) is 4.79 Å². The van der Waals surface area contributed by atoms with E-state index >= 15 is 0 Å². The molecule has 20 heavy (non-hydrogen) atoms. The quantitative estimate of drug-likeness (QED) is 0.886. The van der Waals surface area contributed by atoms with E-state index in [4.69, 9.17) is 0 Å². The van der Waals surface area contributed by atoms with E-state index in [1.807, 2.05) is 11.0 Å². The van der Waals surface area contributed by atoms with Gasteiger partial charge in [0.2, 0.25) is 5.91 Å². The Morgan fingerprint density at radius 3 is 2.45 bits per heavy atom. The fourth-order valence-electron chi connectivity index (χ4n) is 3.11. The summed E-state index contributed by atoms with van der Waals surface area (Å²) in [6.07, 6.45) is 3.37. The molecule has 4 nitrogen and oxygen atoms in total. The van der Waals surface area contributed by atoms with Gasteiger partial charge in [-0.15, -0.1) is 0 Å². The molecule has 108 valence electrons. The van der Waals surface area contributed by atoms with Gasteiger partial charge >= 0.3 is 0 Å². The SMILES string of the molecule is O=C(C1CCCCN1)N1CCN(c2ccccc2)CC1. The Labute approximate surface area is 120 Å². The minimum Gasteiger partial charge on any atom is -0.368 e. The maximum Gasteiger partial charge on any atom is 0.239 e. The Morgan fingerprint density at radius 2 is 1.80 bits per heavy atom. The van der Waals surface area contributed by atoms with Gasteiger partial charge in [0.05, 0.1) is 6.04 Å². The Kier molecular flexibility index (Phi) is 4.21. The zero-order chi connectivity index (χ0) is 13.8. The summed E-state index contributed by atoms with van der Waals surface area (Å²) in [6, 6.07) is 10.5. The summed E-state index contributed by atoms with van der Waals surface area (Å²) in [5.74, 6) is 0.303. The van der Waals surface area contributed by atoms with Crippen LogP contribution in [-0.2, 0) is 4.79 Å². The molecule has 1 aromatic rings. The van der Waals surface area contributed by atoms with E-state index in [-0.39, 0.29) is 6.04 Å². The van der Waals surface area contributed by atoms with Crippen LogP contribution in [-0.4, -0.2) is 49.6 Å². The molecule has 4 heteroatoms. The lowest BCUT2D eigenvalue weighted by Crippen LogP contribution is -2.55. The first-order chi connectivity index (χ1) is 9.84. The van der Waals surface area contributed by atoms with Gasteiger partial charge in [0.15, 0.2) is 0 Å². The maximum atomic E-state index is 12.4. The number of rotatable bonds is 2. The van der Waals surface area contributed by atoms with Crippen molar-refractivity contribution in [3.05, 3.63) is 30.3 Å². The van der Waals surface area contributed by atoms with Gasteiger partial charge in [0.1, 0.15) is 0 Å². The second kappa shape index (κ2) is 6.27. The van der Waals surface area contributed by atoms with E-state index < -0.39 is 0 Å². The van der Waals surface area contributed by atoms with Crippen molar-refractivity contribution in [2.24, 2.45) is 0 Å². The fourth-order valence-corrected chi connectivity index (χ4v) is 3.11. The van der Waals surface area contributed by atoms with Crippen LogP contribution in [0.2, 0.25) is 0 Å². The Balaban J connectivity index is 1.54. The smallest absolute Gasteiger partial charge is 0.239 e. The lowest BCUT2D eigenvalue weighted by Gasteiger charge is -2.38. The van der Waals surface area contributed by atoms with E-state index in [1.54, 1.807) is 0 Å². The van der Waals surface area contributed by atoms with Crippen LogP contribution in [0.15, 0.2) is 30.3 Å². The van der Waals surface area contributed by atoms with Crippen LogP contribution in [0.1, 0.15) is 19.3 Å². The summed E-state index contributed by atoms with van der Waals surface area (Å²) in [5.41, 5.74) is 1.26. The predicted octanol–water partition coefficient (Wildman–Crippen LogP) is 1.48. The van der Waals surface area contributed by atoms with Crippen molar-refractivity contribution in [3.63, 3.8) is 0 Å². The number of piperidine rings is 1. The molecule has 0 aromatic heterocycles. The first-order valence-electron chi connectivity index (χ1n) is 7.67. The fraction of sp³-hybridized carbons (Fsp3) is 0.562. The average molecular weight is 273 g/mol. The molecule has 1 unspecified atom stereocenters. The van der Waals surface area contributed by atoms with Crippen LogP contribution in [0.25, 0.3) is 0 Å². The molecule has 3 rings (SSSR count). The van der Waals surface area contributed by atoms with Gasteiger partial charge in [-0.2, -0.15) is 0 Å². The number of hydrogen-bond donors (Lipinski definition) is 1. The van der Waals surface area contributed by atoms with Crippen LogP contribution < -0.4 is 10.2 Å². The number of carbonyl (C=O) groups is 1. The Morgan fingerprint density at radius 1 is 1.05 bits per heavy atom. The third kappa shape index (κ3) is 2.96. The minimum atomic E-state index is 0.0621. The van der Waals surface area contributed by atoms with Crippen molar-refractivity contribution in [1.29, 1.82) is 0 Å². The summed E-state index contributed by atoms with van der Waals surface area (Å²) < 4.78 is 0. The summed E-state index contributed by atoms with van der Waals surface area (Å²) >= 11 is 0. The molecule has 0 aliphatic carbocycles. The number of hydrogen-bond acceptors (Lipinski definition) is 3. The van der Waals surface area contributed by atoms with E-state index in [2.05, 4.69) is 34.5 Å². The highest BCUT2D eigenvalue weighted by atomic mass is 16.2. The van der Waals surface area contributed by atoms with Crippen molar-refractivity contribution in [3.8, 4) is 0 Å². The third-order valence-electron chi connectivity index (χ3n) is 4.32. The molecule has 1 amide bonds. The summed E-state index contributed by atoms with van der Waals surface area (Å²) in [6.45, 7) is 4.53. The van der Waals surface area contributed by atoms with E-state index in [1.165, 1.54) is 18.5 Å². The molecule has 2 saturated heterocycles.